The van der Waals surface area contributed by atoms with Crippen LogP contribution in [-0.4, -0.2) is 47.8 Å². The summed E-state index contributed by atoms with van der Waals surface area (Å²) in [7, 11) is 0. The van der Waals surface area contributed by atoms with E-state index in [1.165, 1.54) is 16.5 Å². The maximum absolute atomic E-state index is 12.9. The number of amides is 2. The van der Waals surface area contributed by atoms with E-state index in [9.17, 15) is 19.7 Å². The minimum Gasteiger partial charge on any atom is -0.363 e. The number of imide groups is 1. The number of rotatable bonds is 5. The third-order valence-electron chi connectivity index (χ3n) is 7.22. The molecule has 0 aromatic heterocycles. The van der Waals surface area contributed by atoms with E-state index in [-0.39, 0.29) is 29.3 Å². The van der Waals surface area contributed by atoms with E-state index in [0.717, 1.165) is 45.3 Å². The number of carbonyl (C=O) groups is 2. The van der Waals surface area contributed by atoms with Gasteiger partial charge in [0.25, 0.3) is 5.69 Å². The van der Waals surface area contributed by atoms with Crippen molar-refractivity contribution < 1.29 is 14.5 Å². The van der Waals surface area contributed by atoms with Gasteiger partial charge in [-0.05, 0) is 30.5 Å². The van der Waals surface area contributed by atoms with Crippen molar-refractivity contribution in [1.29, 1.82) is 0 Å². The van der Waals surface area contributed by atoms with Gasteiger partial charge in [0.05, 0.1) is 22.4 Å². The van der Waals surface area contributed by atoms with Crippen LogP contribution in [0.3, 0.4) is 0 Å². The number of nitro groups is 1. The van der Waals surface area contributed by atoms with Gasteiger partial charge in [-0.15, -0.1) is 0 Å². The summed E-state index contributed by atoms with van der Waals surface area (Å²) in [4.78, 5) is 42.9. The first-order valence-electron chi connectivity index (χ1n) is 11.7. The van der Waals surface area contributed by atoms with Crippen molar-refractivity contribution >= 4 is 28.9 Å². The minimum absolute atomic E-state index is 0.0560. The van der Waals surface area contributed by atoms with Gasteiger partial charge < -0.3 is 4.90 Å². The van der Waals surface area contributed by atoms with E-state index < -0.39 is 4.92 Å². The zero-order chi connectivity index (χ0) is 22.9. The van der Waals surface area contributed by atoms with E-state index in [1.807, 2.05) is 23.1 Å². The number of piperazine rings is 1. The van der Waals surface area contributed by atoms with Crippen LogP contribution in [0.4, 0.5) is 17.1 Å². The van der Waals surface area contributed by atoms with Crippen molar-refractivity contribution in [2.24, 2.45) is 11.8 Å². The molecule has 8 nitrogen and oxygen atoms in total. The number of anilines is 2. The Morgan fingerprint density at radius 1 is 0.879 bits per heavy atom. The number of fused-ring (bicyclic) bond motifs is 1. The Bertz CT molecular complexity index is 1040. The van der Waals surface area contributed by atoms with Crippen molar-refractivity contribution in [1.82, 2.24) is 4.90 Å². The zero-order valence-corrected chi connectivity index (χ0v) is 18.6. The van der Waals surface area contributed by atoms with Crippen LogP contribution in [0.1, 0.15) is 31.2 Å². The zero-order valence-electron chi connectivity index (χ0n) is 18.6. The molecule has 3 aliphatic rings. The van der Waals surface area contributed by atoms with Crippen molar-refractivity contribution in [2.45, 2.75) is 32.2 Å². The molecule has 3 fully saturated rings. The van der Waals surface area contributed by atoms with Crippen molar-refractivity contribution in [2.75, 3.05) is 36.0 Å². The summed E-state index contributed by atoms with van der Waals surface area (Å²) in [6.07, 6.45) is 3.34. The van der Waals surface area contributed by atoms with Crippen LogP contribution in [-0.2, 0) is 16.1 Å². The van der Waals surface area contributed by atoms with Crippen molar-refractivity contribution in [3.8, 4) is 0 Å². The summed E-state index contributed by atoms with van der Waals surface area (Å²) in [5.74, 6) is -0.965. The molecule has 8 heteroatoms. The molecule has 2 saturated heterocycles. The number of carbonyl (C=O) groups excluding carboxylic acids is 2. The van der Waals surface area contributed by atoms with Crippen LogP contribution >= 0.6 is 0 Å². The van der Waals surface area contributed by atoms with Crippen LogP contribution in [0.15, 0.2) is 48.5 Å². The van der Waals surface area contributed by atoms with Crippen LogP contribution < -0.4 is 9.80 Å². The first-order chi connectivity index (χ1) is 16.0. The third kappa shape index (κ3) is 4.11. The van der Waals surface area contributed by atoms with E-state index in [1.54, 1.807) is 12.1 Å². The molecule has 2 aliphatic heterocycles. The summed E-state index contributed by atoms with van der Waals surface area (Å²) in [5, 5.41) is 11.9. The highest BCUT2D eigenvalue weighted by molar-refractivity contribution is 6.22. The fraction of sp³-hybridized carbons (Fsp3) is 0.440. The summed E-state index contributed by atoms with van der Waals surface area (Å²) in [5.41, 5.74) is 2.05. The van der Waals surface area contributed by atoms with Crippen LogP contribution in [0.25, 0.3) is 0 Å². The van der Waals surface area contributed by atoms with Gasteiger partial charge in [-0.1, -0.05) is 43.2 Å². The molecule has 0 radical (unpaired) electrons. The molecule has 2 amide bonds. The monoisotopic (exact) mass is 448 g/mol. The van der Waals surface area contributed by atoms with Gasteiger partial charge in [0.15, 0.2) is 0 Å². The van der Waals surface area contributed by atoms with Gasteiger partial charge in [0.1, 0.15) is 5.69 Å². The molecule has 0 spiro atoms. The van der Waals surface area contributed by atoms with Gasteiger partial charge in [-0.25, -0.2) is 4.90 Å². The molecule has 5 rings (SSSR count). The molecule has 2 atom stereocenters. The maximum atomic E-state index is 12.9. The highest BCUT2D eigenvalue weighted by Crippen LogP contribution is 2.42. The average molecular weight is 449 g/mol. The number of hydrogen-bond donors (Lipinski definition) is 0. The Labute approximate surface area is 192 Å². The normalized spacial score (nSPS) is 23.6. The number of hydrogen-bond acceptors (Lipinski definition) is 6. The van der Waals surface area contributed by atoms with Gasteiger partial charge in [0.2, 0.25) is 11.8 Å². The molecule has 1 saturated carbocycles. The first-order valence-corrected chi connectivity index (χ1v) is 11.7. The Balaban J connectivity index is 1.33. The van der Waals surface area contributed by atoms with Gasteiger partial charge in [-0.3, -0.25) is 24.6 Å². The Hall–Kier alpha value is -3.26. The molecule has 2 aromatic rings. The van der Waals surface area contributed by atoms with E-state index in [2.05, 4.69) is 17.0 Å². The lowest BCUT2D eigenvalue weighted by Crippen LogP contribution is -2.46. The topological polar surface area (TPSA) is 87.0 Å². The molecule has 172 valence electrons. The standard InChI is InChI=1S/C25H28N4O4/c30-24-20-8-4-5-9-21(20)25(31)28(24)19-10-11-22(23(16-19)29(32)33)27-14-12-26(13-15-27)17-18-6-2-1-3-7-18/h1-3,6-7,10-11,16,20-21H,4-5,8-9,12-15,17H2. The second-order valence-electron chi connectivity index (χ2n) is 9.19. The van der Waals surface area contributed by atoms with Crippen molar-refractivity contribution in [3.63, 3.8) is 0 Å². The summed E-state index contributed by atoms with van der Waals surface area (Å²) < 4.78 is 0. The molecular weight excluding hydrogens is 420 g/mol. The second-order valence-corrected chi connectivity index (χ2v) is 9.19. The maximum Gasteiger partial charge on any atom is 0.294 e. The lowest BCUT2D eigenvalue weighted by atomic mass is 9.81. The molecule has 0 N–H and O–H groups in total. The highest BCUT2D eigenvalue weighted by atomic mass is 16.6. The predicted molar refractivity (Wildman–Crippen MR) is 125 cm³/mol. The number of nitro benzene ring substituents is 1. The molecule has 1 aliphatic carbocycles. The quantitative estimate of drug-likeness (QED) is 0.395. The number of nitrogens with zero attached hydrogens (tertiary/aromatic N) is 4. The lowest BCUT2D eigenvalue weighted by molar-refractivity contribution is -0.384. The van der Waals surface area contributed by atoms with Crippen LogP contribution in [0, 0.1) is 22.0 Å². The Morgan fingerprint density at radius 3 is 2.12 bits per heavy atom. The lowest BCUT2D eigenvalue weighted by Gasteiger charge is -2.36. The van der Waals surface area contributed by atoms with Gasteiger partial charge in [-0.2, -0.15) is 0 Å². The molecule has 2 unspecified atom stereocenters. The largest absolute Gasteiger partial charge is 0.363 e. The van der Waals surface area contributed by atoms with E-state index >= 15 is 0 Å². The fourth-order valence-corrected chi connectivity index (χ4v) is 5.47. The molecule has 2 heterocycles. The van der Waals surface area contributed by atoms with Crippen molar-refractivity contribution in [3.05, 3.63) is 64.2 Å². The van der Waals surface area contributed by atoms with Crippen LogP contribution in [0.2, 0.25) is 0 Å². The van der Waals surface area contributed by atoms with Crippen LogP contribution in [0.5, 0.6) is 0 Å². The Kier molecular flexibility index (Phi) is 5.85. The summed E-state index contributed by atoms with van der Waals surface area (Å²) in [6.45, 7) is 3.83. The van der Waals surface area contributed by atoms with Gasteiger partial charge >= 0.3 is 0 Å². The average Bonchev–Trinajstić information content (AvgIpc) is 3.10. The molecule has 0 bridgehead atoms. The minimum atomic E-state index is -0.409. The summed E-state index contributed by atoms with van der Waals surface area (Å²) in [6, 6.07) is 15.1. The fourth-order valence-electron chi connectivity index (χ4n) is 5.47. The molecule has 2 aromatic carbocycles. The molecular formula is C25H28N4O4. The second kappa shape index (κ2) is 8.94. The SMILES string of the molecule is O=C1C2CCCCC2C(=O)N1c1ccc(N2CCN(Cc3ccccc3)CC2)c([N+](=O)[O-])c1. The van der Waals surface area contributed by atoms with E-state index in [4.69, 9.17) is 0 Å². The first kappa shape index (κ1) is 21.6. The number of benzene rings is 2. The molecule has 33 heavy (non-hydrogen) atoms. The summed E-state index contributed by atoms with van der Waals surface area (Å²) >= 11 is 0. The third-order valence-corrected chi connectivity index (χ3v) is 7.22. The highest BCUT2D eigenvalue weighted by Gasteiger charge is 2.49. The van der Waals surface area contributed by atoms with Gasteiger partial charge in [0, 0.05) is 38.8 Å². The Morgan fingerprint density at radius 2 is 1.52 bits per heavy atom. The van der Waals surface area contributed by atoms with E-state index in [0.29, 0.717) is 24.5 Å². The predicted octanol–water partition coefficient (Wildman–Crippen LogP) is 3.60. The smallest absolute Gasteiger partial charge is 0.294 e.